The Morgan fingerprint density at radius 2 is 0.623 bits per heavy atom. The number of ether oxygens (including phenoxy) is 27. The monoisotopic (exact) mass is 2030 g/mol. The third-order valence-corrected chi connectivity index (χ3v) is 26.0. The Kier molecular flexibility index (Phi) is 18.6. The molecule has 138 heavy (non-hydrogen) atoms. The Labute approximate surface area is 824 Å². The number of benzene rings is 6. The van der Waals surface area contributed by atoms with E-state index in [0.717, 1.165) is 42.5 Å². The van der Waals surface area contributed by atoms with E-state index in [1.165, 1.54) is 18.2 Å². The summed E-state index contributed by atoms with van der Waals surface area (Å²) in [5, 5.41) is 66.6. The molecule has 0 spiro atoms. The van der Waals surface area contributed by atoms with Gasteiger partial charge in [-0.3, -0.25) is 43.7 Å². The molecule has 51 heteroatoms. The first-order valence-electron chi connectivity index (χ1n) is 56.2. The highest BCUT2D eigenvalue weighted by atomic mass is 31.2. The topological polar surface area (TPSA) is 622 Å². The fourth-order valence-corrected chi connectivity index (χ4v) is 20.2. The van der Waals surface area contributed by atoms with Crippen molar-refractivity contribution in [3.8, 4) is 86.2 Å². The summed E-state index contributed by atoms with van der Waals surface area (Å²) >= 11 is 0. The number of hydrogen-bond donors (Lipinski definition) is 12. The molecular formula is C87H99O48P3. The van der Waals surface area contributed by atoms with Gasteiger partial charge in [-0.2, -0.15) is 0 Å². The summed E-state index contributed by atoms with van der Waals surface area (Å²) in [7, 11) is -37.2. The second-order valence-corrected chi connectivity index (χ2v) is 36.3. The molecule has 0 unspecified atom stereocenters. The van der Waals surface area contributed by atoms with E-state index in [0.29, 0.717) is 12.1 Å². The number of aliphatic hydroxyl groups excluding tert-OH is 6. The number of phosphoric ester groups is 3. The molecule has 48 nitrogen and oxygen atoms in total. The van der Waals surface area contributed by atoms with Crippen LogP contribution in [0.4, 0.5) is 0 Å². The van der Waals surface area contributed by atoms with Crippen LogP contribution in [0.1, 0.15) is 148 Å². The van der Waals surface area contributed by atoms with Crippen LogP contribution < -0.4 is 70.4 Å². The third-order valence-electron chi connectivity index (χ3n) is 24.8. The SMILES string of the molecule is [2H]C([2H])([2H])Oc1cc([C@@H]2c3cc4c(cc3[C@@H](O[C@@H]3O[C@@H]5CO[C@@H](C)O[C@H]5[C@H](O)[C@H]3O)[C@@H]3[C@@H]2C(=O)OC3([2H])[2H])OC([2H])([2H])O4)cc(OC([2H])([2H])[2H])c1OP(=O)(O)O.[2H]C([2H])([2H])Oc1cc([C@]2([2H])c3cc4c(cc3[C@@H](O[C@@H]3O[C@@H]5CO[C@@H](C)O[C@H]5[C@H](O)[C@H]3O)[C@@H]3[C@@H]2C(=O)OC3([2H])[2H])OC([2H])([2H])O4)cc(OC([2H])([2H])[2H])c1OP(=O)(O)O.[2H]C([2H])([2H])Oc1cc([C@]2([2H])c3cc4c(cc3[C@@H](O[C@@H]3O[C@@H]5CO[C@@H](C)O[C@H]5[C@H](O)[C@H]3O)[C@H]3COC(=O)[C@@H]32)OC([2H])([2H])O4)cc(OC([2H])([2H])[2H])c1OP(=O)(O)O. The van der Waals surface area contributed by atoms with Gasteiger partial charge in [0.2, 0.25) is 37.5 Å². The fourth-order valence-electron chi connectivity index (χ4n) is 19.0. The molecule has 3 aliphatic carbocycles. The smallest absolute Gasteiger partial charge is 0.493 e. The van der Waals surface area contributed by atoms with E-state index in [-0.39, 0.29) is 87.7 Å². The van der Waals surface area contributed by atoms with Crippen molar-refractivity contribution in [1.29, 1.82) is 0 Å². The quantitative estimate of drug-likeness (QED) is 0.0279. The molecule has 12 aliphatic heterocycles. The predicted molar refractivity (Wildman–Crippen MR) is 448 cm³/mol. The maximum absolute atomic E-state index is 13.9. The Bertz CT molecular complexity index is 7030. The lowest BCUT2D eigenvalue weighted by Crippen LogP contribution is -2.63. The van der Waals surface area contributed by atoms with Crippen molar-refractivity contribution in [2.24, 2.45) is 35.5 Å². The van der Waals surface area contributed by atoms with Crippen molar-refractivity contribution < 1.29 is 271 Å². The molecule has 750 valence electrons. The number of methoxy groups -OCH3 is 6. The lowest BCUT2D eigenvalue weighted by Gasteiger charge is -2.47. The van der Waals surface area contributed by atoms with E-state index in [9.17, 15) is 90.8 Å². The average Bonchev–Trinajstić information content (AvgIpc) is 1.50. The molecule has 12 heterocycles. The van der Waals surface area contributed by atoms with Crippen LogP contribution in [0.15, 0.2) is 72.8 Å². The second kappa shape index (κ2) is 38.4. The lowest BCUT2D eigenvalue weighted by molar-refractivity contribution is -0.364. The van der Waals surface area contributed by atoms with Crippen LogP contribution in [0, 0.1) is 35.5 Å². The maximum Gasteiger partial charge on any atom is 0.525 e. The number of fused-ring (bicyclic) bond motifs is 12. The molecule has 30 atom stereocenters. The van der Waals surface area contributed by atoms with Crippen molar-refractivity contribution in [3.63, 3.8) is 0 Å². The molecule has 0 aromatic heterocycles. The molecule has 21 rings (SSSR count). The van der Waals surface area contributed by atoms with Gasteiger partial charge in [-0.15, -0.1) is 0 Å². The fraction of sp³-hybridized carbons (Fsp3) is 0.552. The minimum atomic E-state index is -5.65. The number of phosphoric acid groups is 3. The Balaban J connectivity index is 0.000000154. The number of hydrogen-bond acceptors (Lipinski definition) is 42. The van der Waals surface area contributed by atoms with Crippen LogP contribution in [-0.2, 0) is 99.1 Å². The zero-order valence-corrected chi connectivity index (χ0v) is 73.0. The molecule has 9 saturated heterocycles. The summed E-state index contributed by atoms with van der Waals surface area (Å²) in [5.74, 6) is -32.3. The Hall–Kier alpha value is -9.54. The van der Waals surface area contributed by atoms with E-state index in [2.05, 4.69) is 13.6 Å². The summed E-state index contributed by atoms with van der Waals surface area (Å²) in [5.41, 5.74) is -2.39. The predicted octanol–water partition coefficient (Wildman–Crippen LogP) is 3.31. The molecule has 12 N–H and O–H groups in total. The van der Waals surface area contributed by atoms with E-state index in [4.69, 9.17) is 166 Å². The van der Waals surface area contributed by atoms with Crippen molar-refractivity contribution in [1.82, 2.24) is 0 Å². The molecule has 0 bridgehead atoms. The molecule has 9 fully saturated rings. The van der Waals surface area contributed by atoms with Gasteiger partial charge in [-0.1, -0.05) is 0 Å². The molecule has 0 amide bonds. The number of carbonyl (C=O) groups excluding carboxylic acids is 3. The summed E-state index contributed by atoms with van der Waals surface area (Å²) in [4.78, 5) is 99.5. The standard InChI is InChI=1S/3C29H33O16P/c3*1-11-38-9-20-27(42-11)23(30)24(31)29(43-20)44-25-14-7-17-16(40-10-41-17)6-13(14)21(22-15(25)8-39-28(22)32)12-4-18(36-2)26(19(5-12)37-3)45-46(33,34)35/h3*4-7,11,15,20-25,27,29-31H,8-10H2,1-3H3,(H2,33,34,35)/t3*11-,15+,20-,21-,22+,23-,24-,25-,27-,29+/m111/s1/i2D3,3D3,8D2,10D2,21D;2D3,3D3,10D2,21D;2D3,3D3,8D2,10D2. The first kappa shape index (κ1) is 67.0. The van der Waals surface area contributed by atoms with Crippen LogP contribution in [0.3, 0.4) is 0 Å². The van der Waals surface area contributed by atoms with Crippen LogP contribution in [-0.4, -0.2) is 291 Å². The molecule has 6 aromatic carbocycles. The molecule has 0 radical (unpaired) electrons. The molecule has 15 aliphatic rings. The first-order chi connectivity index (χ1) is 77.1. The van der Waals surface area contributed by atoms with Gasteiger partial charge in [0.05, 0.1) is 148 Å². The van der Waals surface area contributed by atoms with E-state index < -0.39 is 375 Å². The minimum Gasteiger partial charge on any atom is -0.493 e. The van der Waals surface area contributed by atoms with E-state index >= 15 is 0 Å². The number of cyclic esters (lactones) is 3. The minimum absolute atomic E-state index is 0.0149. The first-order valence-corrected chi connectivity index (χ1v) is 45.8. The summed E-state index contributed by atoms with van der Waals surface area (Å²) in [6.07, 6.45) is -28.6. The van der Waals surface area contributed by atoms with Gasteiger partial charge in [0.15, 0.2) is 107 Å². The molecule has 0 saturated carbocycles. The number of rotatable bonds is 21. The van der Waals surface area contributed by atoms with Gasteiger partial charge in [-0.05, 0) is 144 Å². The second-order valence-electron chi connectivity index (χ2n) is 32.8. The van der Waals surface area contributed by atoms with Crippen molar-refractivity contribution >= 4 is 41.4 Å². The number of aliphatic hydroxyl groups is 6. The van der Waals surface area contributed by atoms with Crippen molar-refractivity contribution in [2.75, 3.05) is 102 Å². The summed E-state index contributed by atoms with van der Waals surface area (Å²) in [6, 6.07) is 11.4. The van der Waals surface area contributed by atoms with Gasteiger partial charge < -0.3 is 172 Å². The zero-order chi connectivity index (χ0) is 123. The average molecular weight is 2040 g/mol. The van der Waals surface area contributed by atoms with Gasteiger partial charge in [-0.25, -0.2) is 13.7 Å². The maximum atomic E-state index is 13.9. The lowest BCUT2D eigenvalue weighted by atomic mass is 9.66. The van der Waals surface area contributed by atoms with Gasteiger partial charge in [0.1, 0.15) is 81.5 Å². The Morgan fingerprint density at radius 1 is 0.341 bits per heavy atom. The summed E-state index contributed by atoms with van der Waals surface area (Å²) < 4.78 is 439. The number of esters is 3. The molecule has 6 aromatic rings. The van der Waals surface area contributed by atoms with E-state index in [1.54, 1.807) is 20.8 Å². The van der Waals surface area contributed by atoms with Crippen LogP contribution in [0.2, 0.25) is 0 Å². The van der Waals surface area contributed by atoms with Crippen molar-refractivity contribution in [3.05, 3.63) is 123 Å². The van der Waals surface area contributed by atoms with Crippen LogP contribution >= 0.6 is 23.5 Å². The van der Waals surface area contributed by atoms with Crippen molar-refractivity contribution in [2.45, 2.75) is 168 Å². The normalized spacial score (nSPS) is 41.3. The van der Waals surface area contributed by atoms with E-state index in [1.807, 2.05) is 0 Å². The van der Waals surface area contributed by atoms with Gasteiger partial charge in [0, 0.05) is 38.2 Å². The zero-order valence-electron chi connectivity index (χ0n) is 100. The number of carbonyl (C=O) groups is 3. The highest BCUT2D eigenvalue weighted by Gasteiger charge is 2.62. The third kappa shape index (κ3) is 18.3. The van der Waals surface area contributed by atoms with Gasteiger partial charge >= 0.3 is 41.4 Å². The Morgan fingerprint density at radius 3 is 0.957 bits per heavy atom. The highest BCUT2D eigenvalue weighted by molar-refractivity contribution is 7.47. The van der Waals surface area contributed by atoms with Gasteiger partial charge in [0.25, 0.3) is 0 Å². The summed E-state index contributed by atoms with van der Waals surface area (Å²) in [6.45, 7) is -10.3. The van der Waals surface area contributed by atoms with Crippen LogP contribution in [0.25, 0.3) is 0 Å². The van der Waals surface area contributed by atoms with Crippen LogP contribution in [0.5, 0.6) is 86.2 Å². The molecular weight excluding hydrogens is 1910 g/mol. The highest BCUT2D eigenvalue weighted by Crippen LogP contribution is 2.64. The largest absolute Gasteiger partial charge is 0.525 e.